The van der Waals surface area contributed by atoms with Crippen LogP contribution in [0.2, 0.25) is 0 Å². The lowest BCUT2D eigenvalue weighted by molar-refractivity contribution is -0.171. The number of ketones is 3. The third-order valence-corrected chi connectivity index (χ3v) is 8.15. The zero-order chi connectivity index (χ0) is 26.2. The van der Waals surface area contributed by atoms with Crippen molar-refractivity contribution in [1.29, 1.82) is 0 Å². The van der Waals surface area contributed by atoms with Crippen molar-refractivity contribution in [1.82, 2.24) is 0 Å². The third-order valence-electron chi connectivity index (χ3n) is 8.15. The number of fused-ring (bicyclic) bond motifs is 3. The minimum Gasteiger partial charge on any atom is -0.511 e. The summed E-state index contributed by atoms with van der Waals surface area (Å²) in [5.41, 5.74) is -4.73. The predicted molar refractivity (Wildman–Crippen MR) is 128 cm³/mol. The number of aromatic hydroxyl groups is 1. The van der Waals surface area contributed by atoms with Crippen molar-refractivity contribution in [3.8, 4) is 17.6 Å². The van der Waals surface area contributed by atoms with Crippen molar-refractivity contribution in [2.75, 3.05) is 0 Å². The maximum absolute atomic E-state index is 13.8. The van der Waals surface area contributed by atoms with E-state index >= 15 is 0 Å². The van der Waals surface area contributed by atoms with Crippen molar-refractivity contribution in [3.05, 3.63) is 51.5 Å². The number of rotatable bonds is 2. The van der Waals surface area contributed by atoms with Crippen LogP contribution in [0.3, 0.4) is 0 Å². The molecule has 1 unspecified atom stereocenters. The van der Waals surface area contributed by atoms with Gasteiger partial charge in [-0.1, -0.05) is 33.6 Å². The second kappa shape index (κ2) is 7.56. The lowest BCUT2D eigenvalue weighted by atomic mass is 9.44. The molecule has 7 heteroatoms. The molecule has 1 aromatic rings. The molecule has 0 saturated carbocycles. The van der Waals surface area contributed by atoms with Gasteiger partial charge in [0.05, 0.1) is 5.56 Å². The Labute approximate surface area is 204 Å². The Morgan fingerprint density at radius 3 is 2.31 bits per heavy atom. The van der Waals surface area contributed by atoms with Crippen LogP contribution in [0.4, 0.5) is 0 Å². The zero-order valence-corrected chi connectivity index (χ0v) is 20.7. The van der Waals surface area contributed by atoms with Gasteiger partial charge < -0.3 is 20.4 Å². The number of Topliss-reactive ketones (excluding diaryl/α,β-unsaturated/α-hetero) is 3. The minimum atomic E-state index is -2.60. The minimum absolute atomic E-state index is 0.0228. The number of phenolic OH excluding ortho intramolecular Hbond substituents is 1. The summed E-state index contributed by atoms with van der Waals surface area (Å²) in [7, 11) is 0. The molecule has 0 saturated heterocycles. The van der Waals surface area contributed by atoms with Crippen LogP contribution in [-0.4, -0.2) is 43.4 Å². The van der Waals surface area contributed by atoms with Gasteiger partial charge in [0.15, 0.2) is 17.2 Å². The molecule has 0 fully saturated rings. The first-order valence-corrected chi connectivity index (χ1v) is 11.6. The van der Waals surface area contributed by atoms with E-state index in [1.165, 1.54) is 6.07 Å². The number of carbonyl (C=O) groups excluding carboxylic acids is 3. The van der Waals surface area contributed by atoms with Crippen LogP contribution in [0.15, 0.2) is 34.8 Å². The van der Waals surface area contributed by atoms with Gasteiger partial charge in [-0.15, -0.1) is 5.92 Å². The highest BCUT2D eigenvalue weighted by molar-refractivity contribution is 6.25. The lowest BCUT2D eigenvalue weighted by Crippen LogP contribution is -2.67. The summed E-state index contributed by atoms with van der Waals surface area (Å²) in [5, 5.41) is 45.2. The quantitative estimate of drug-likeness (QED) is 0.376. The molecule has 4 atom stereocenters. The first kappa shape index (κ1) is 24.7. The summed E-state index contributed by atoms with van der Waals surface area (Å²) < 4.78 is 0. The largest absolute Gasteiger partial charge is 0.511 e. The maximum Gasteiger partial charge on any atom is 0.209 e. The molecule has 0 radical (unpaired) electrons. The predicted octanol–water partition coefficient (Wildman–Crippen LogP) is 3.72. The highest BCUT2D eigenvalue weighted by atomic mass is 16.3. The molecule has 35 heavy (non-hydrogen) atoms. The molecular weight excluding hydrogens is 448 g/mol. The van der Waals surface area contributed by atoms with E-state index in [4.69, 9.17) is 0 Å². The number of aliphatic hydroxyl groups is 3. The normalized spacial score (nSPS) is 32.1. The van der Waals surface area contributed by atoms with Crippen LogP contribution in [0.5, 0.6) is 5.75 Å². The van der Waals surface area contributed by atoms with Crippen molar-refractivity contribution in [3.63, 3.8) is 0 Å². The Kier molecular flexibility index (Phi) is 5.35. The second-order valence-corrected chi connectivity index (χ2v) is 10.8. The Hall–Kier alpha value is -3.37. The van der Waals surface area contributed by atoms with Gasteiger partial charge in [-0.25, -0.2) is 0 Å². The first-order chi connectivity index (χ1) is 16.2. The number of benzene rings is 1. The molecule has 184 valence electrons. The first-order valence-electron chi connectivity index (χ1n) is 11.6. The summed E-state index contributed by atoms with van der Waals surface area (Å²) in [5.74, 6) is 0.542. The van der Waals surface area contributed by atoms with Crippen LogP contribution in [0.25, 0.3) is 0 Å². The third kappa shape index (κ3) is 2.93. The summed E-state index contributed by atoms with van der Waals surface area (Å²) in [6.07, 6.45) is 0.264. The fraction of sp³-hybridized carbons (Fsp3) is 0.464. The molecule has 0 aliphatic heterocycles. The molecular formula is C28H30O7. The summed E-state index contributed by atoms with van der Waals surface area (Å²) in [4.78, 5) is 39.8. The Balaban J connectivity index is 2.09. The average Bonchev–Trinajstić information content (AvgIpc) is 2.72. The molecule has 0 amide bonds. The SMILES string of the molecule is CC#Cc1ccc(O)c2c1C[C@]1(C)C[C@]3(C)C(C(C)C)C(O)=C(C(C)=O)C(=O)[C@]3(O)C(O)=C1C2=O. The van der Waals surface area contributed by atoms with Gasteiger partial charge in [0.1, 0.15) is 22.8 Å². The smallest absolute Gasteiger partial charge is 0.209 e. The highest BCUT2D eigenvalue weighted by Crippen LogP contribution is 2.65. The van der Waals surface area contributed by atoms with Crippen molar-refractivity contribution < 1.29 is 34.8 Å². The van der Waals surface area contributed by atoms with Crippen LogP contribution >= 0.6 is 0 Å². The highest BCUT2D eigenvalue weighted by Gasteiger charge is 2.71. The van der Waals surface area contributed by atoms with Gasteiger partial charge in [-0.2, -0.15) is 0 Å². The van der Waals surface area contributed by atoms with Gasteiger partial charge in [-0.3, -0.25) is 14.4 Å². The molecule has 0 spiro atoms. The molecule has 7 nitrogen and oxygen atoms in total. The van der Waals surface area contributed by atoms with E-state index in [1.807, 2.05) is 0 Å². The number of allylic oxidation sites excluding steroid dienone is 2. The van der Waals surface area contributed by atoms with E-state index in [0.717, 1.165) is 6.92 Å². The molecule has 4 rings (SSSR count). The number of aliphatic hydroxyl groups excluding tert-OH is 2. The molecule has 3 aliphatic carbocycles. The van der Waals surface area contributed by atoms with E-state index in [0.29, 0.717) is 11.1 Å². The topological polar surface area (TPSA) is 132 Å². The zero-order valence-electron chi connectivity index (χ0n) is 20.7. The average molecular weight is 479 g/mol. The van der Waals surface area contributed by atoms with Crippen molar-refractivity contribution in [2.45, 2.75) is 60.0 Å². The van der Waals surface area contributed by atoms with E-state index in [1.54, 1.807) is 40.7 Å². The Bertz CT molecular complexity index is 1330. The van der Waals surface area contributed by atoms with Gasteiger partial charge in [0.2, 0.25) is 5.78 Å². The van der Waals surface area contributed by atoms with Gasteiger partial charge in [0, 0.05) is 27.9 Å². The van der Waals surface area contributed by atoms with Gasteiger partial charge in [-0.05, 0) is 50.3 Å². The molecule has 4 N–H and O–H groups in total. The maximum atomic E-state index is 13.8. The van der Waals surface area contributed by atoms with Crippen molar-refractivity contribution in [2.24, 2.45) is 22.7 Å². The number of phenols is 1. The fourth-order valence-electron chi connectivity index (χ4n) is 6.98. The fourth-order valence-corrected chi connectivity index (χ4v) is 6.98. The Morgan fingerprint density at radius 2 is 1.77 bits per heavy atom. The van der Waals surface area contributed by atoms with Crippen LogP contribution in [-0.2, 0) is 16.0 Å². The molecule has 0 bridgehead atoms. The number of hydrogen-bond donors (Lipinski definition) is 4. The standard InChI is InChI=1S/C28H30O7/c1-7-8-15-9-10-17(30)19-16(15)11-26(5)12-27(6)20(13(2)3)22(31)18(14(4)29)24(33)28(27,35)25(34)21(26)23(19)32/h9-10,13,20,30-31,34-35H,11-12H2,1-6H3/t20?,26-,27-,28+/m1/s1. The second-order valence-electron chi connectivity index (χ2n) is 10.8. The molecule has 0 heterocycles. The van der Waals surface area contributed by atoms with Gasteiger partial charge in [0.25, 0.3) is 0 Å². The Morgan fingerprint density at radius 1 is 1.14 bits per heavy atom. The number of carbonyl (C=O) groups is 3. The van der Waals surface area contributed by atoms with Crippen molar-refractivity contribution >= 4 is 17.3 Å². The lowest BCUT2D eigenvalue weighted by Gasteiger charge is -2.59. The summed E-state index contributed by atoms with van der Waals surface area (Å²) in [6.45, 7) is 9.74. The van der Waals surface area contributed by atoms with Gasteiger partial charge >= 0.3 is 0 Å². The molecule has 0 aromatic heterocycles. The molecule has 1 aromatic carbocycles. The van der Waals surface area contributed by atoms with Crippen LogP contribution < -0.4 is 0 Å². The van der Waals surface area contributed by atoms with E-state index in [2.05, 4.69) is 11.8 Å². The monoisotopic (exact) mass is 478 g/mol. The van der Waals surface area contributed by atoms with E-state index < -0.39 is 56.8 Å². The van der Waals surface area contributed by atoms with E-state index in [-0.39, 0.29) is 35.6 Å². The molecule has 3 aliphatic rings. The van der Waals surface area contributed by atoms with Crippen LogP contribution in [0, 0.1) is 34.5 Å². The number of hydrogen-bond acceptors (Lipinski definition) is 7. The van der Waals surface area contributed by atoms with Crippen LogP contribution in [0.1, 0.15) is 69.4 Å². The van der Waals surface area contributed by atoms with E-state index in [9.17, 15) is 34.8 Å². The summed E-state index contributed by atoms with van der Waals surface area (Å²) in [6, 6.07) is 2.99. The summed E-state index contributed by atoms with van der Waals surface area (Å²) >= 11 is 0.